The van der Waals surface area contributed by atoms with E-state index in [1.807, 2.05) is 0 Å². The topological polar surface area (TPSA) is 103 Å². The lowest BCUT2D eigenvalue weighted by Gasteiger charge is -2.11. The van der Waals surface area contributed by atoms with Gasteiger partial charge < -0.3 is 19.9 Å². The first-order valence-corrected chi connectivity index (χ1v) is 9.20. The van der Waals surface area contributed by atoms with Crippen molar-refractivity contribution in [2.45, 2.75) is 19.4 Å². The molecule has 152 valence electrons. The van der Waals surface area contributed by atoms with Crippen LogP contribution in [0.4, 0.5) is 5.69 Å². The highest BCUT2D eigenvalue weighted by molar-refractivity contribution is 6.31. The van der Waals surface area contributed by atoms with E-state index in [-0.39, 0.29) is 29.3 Å². The van der Waals surface area contributed by atoms with Gasteiger partial charge in [0.05, 0.1) is 37.1 Å². The average molecular weight is 418 g/mol. The third-order valence-corrected chi connectivity index (χ3v) is 4.60. The highest BCUT2D eigenvalue weighted by atomic mass is 35.5. The molecular formula is C20H20ClN3O5. The van der Waals surface area contributed by atoms with Gasteiger partial charge in [-0.05, 0) is 30.7 Å². The largest absolute Gasteiger partial charge is 0.506 e. The van der Waals surface area contributed by atoms with Gasteiger partial charge in [0.15, 0.2) is 11.5 Å². The van der Waals surface area contributed by atoms with Crippen molar-refractivity contribution >= 4 is 34.1 Å². The average Bonchev–Trinajstić information content (AvgIpc) is 2.71. The summed E-state index contributed by atoms with van der Waals surface area (Å²) in [5.74, 6) is 0.570. The van der Waals surface area contributed by atoms with Crippen molar-refractivity contribution in [3.63, 3.8) is 0 Å². The number of methoxy groups -OCH3 is 2. The number of carbonyl (C=O) groups is 1. The fourth-order valence-electron chi connectivity index (χ4n) is 2.88. The minimum atomic E-state index is -0.296. The molecule has 8 nitrogen and oxygen atoms in total. The van der Waals surface area contributed by atoms with Gasteiger partial charge in [0, 0.05) is 24.1 Å². The number of fused-ring (bicyclic) bond motifs is 1. The summed E-state index contributed by atoms with van der Waals surface area (Å²) in [6.07, 6.45) is 2.01. The number of benzene rings is 2. The second-order valence-corrected chi connectivity index (χ2v) is 6.72. The number of nitrogens with one attached hydrogen (secondary N) is 1. The minimum absolute atomic E-state index is 0.0675. The minimum Gasteiger partial charge on any atom is -0.506 e. The zero-order chi connectivity index (χ0) is 21.0. The molecule has 0 unspecified atom stereocenters. The molecule has 29 heavy (non-hydrogen) atoms. The number of rotatable bonds is 7. The normalized spacial score (nSPS) is 10.7. The van der Waals surface area contributed by atoms with Crippen LogP contribution in [-0.2, 0) is 11.3 Å². The van der Waals surface area contributed by atoms with Crippen molar-refractivity contribution in [3.05, 3.63) is 52.0 Å². The van der Waals surface area contributed by atoms with Gasteiger partial charge >= 0.3 is 0 Å². The Morgan fingerprint density at radius 3 is 2.66 bits per heavy atom. The summed E-state index contributed by atoms with van der Waals surface area (Å²) in [5, 5.41) is 13.2. The molecule has 2 aromatic carbocycles. The Morgan fingerprint density at radius 2 is 1.93 bits per heavy atom. The Labute approximate surface area is 171 Å². The molecule has 0 bridgehead atoms. The predicted molar refractivity (Wildman–Crippen MR) is 110 cm³/mol. The number of amides is 1. The molecular weight excluding hydrogens is 398 g/mol. The molecule has 0 spiro atoms. The lowest BCUT2D eigenvalue weighted by Crippen LogP contribution is -2.22. The number of carbonyl (C=O) groups excluding carboxylic acids is 1. The molecule has 1 heterocycles. The van der Waals surface area contributed by atoms with Crippen LogP contribution in [0, 0.1) is 0 Å². The zero-order valence-corrected chi connectivity index (χ0v) is 16.7. The number of ether oxygens (including phenoxy) is 2. The maximum Gasteiger partial charge on any atom is 0.261 e. The monoisotopic (exact) mass is 417 g/mol. The van der Waals surface area contributed by atoms with Crippen LogP contribution in [0.25, 0.3) is 10.9 Å². The number of phenolic OH excluding ortho intramolecular Hbond substituents is 1. The Balaban J connectivity index is 1.69. The molecule has 3 aromatic rings. The van der Waals surface area contributed by atoms with Crippen LogP contribution in [0.2, 0.25) is 5.02 Å². The van der Waals surface area contributed by atoms with E-state index < -0.39 is 0 Å². The number of aromatic hydroxyl groups is 1. The van der Waals surface area contributed by atoms with Gasteiger partial charge in [-0.15, -0.1) is 0 Å². The van der Waals surface area contributed by atoms with Gasteiger partial charge in [-0.1, -0.05) is 11.6 Å². The third-order valence-electron chi connectivity index (χ3n) is 4.36. The summed E-state index contributed by atoms with van der Waals surface area (Å²) < 4.78 is 11.9. The number of nitrogens with zero attached hydrogens (tertiary/aromatic N) is 2. The van der Waals surface area contributed by atoms with Crippen LogP contribution in [-0.4, -0.2) is 34.8 Å². The zero-order valence-electron chi connectivity index (χ0n) is 15.9. The lowest BCUT2D eigenvalue weighted by molar-refractivity contribution is -0.116. The molecule has 1 amide bonds. The number of phenols is 1. The van der Waals surface area contributed by atoms with E-state index in [0.717, 1.165) is 0 Å². The molecule has 0 aliphatic heterocycles. The maximum absolute atomic E-state index is 12.7. The SMILES string of the molecule is COc1cc2ncn(CCCC(=O)Nc3cc(Cl)ccc3O)c(=O)c2cc1OC. The fraction of sp³-hybridized carbons (Fsp3) is 0.250. The first-order valence-electron chi connectivity index (χ1n) is 8.82. The smallest absolute Gasteiger partial charge is 0.261 e. The van der Waals surface area contributed by atoms with Crippen molar-refractivity contribution in [2.75, 3.05) is 19.5 Å². The van der Waals surface area contributed by atoms with Crippen LogP contribution in [0.1, 0.15) is 12.8 Å². The van der Waals surface area contributed by atoms with Crippen molar-refractivity contribution in [2.24, 2.45) is 0 Å². The first kappa shape index (κ1) is 20.5. The van der Waals surface area contributed by atoms with E-state index >= 15 is 0 Å². The maximum atomic E-state index is 12.7. The number of aromatic nitrogens is 2. The van der Waals surface area contributed by atoms with E-state index in [2.05, 4.69) is 10.3 Å². The Kier molecular flexibility index (Phi) is 6.23. The lowest BCUT2D eigenvalue weighted by atomic mass is 10.2. The second-order valence-electron chi connectivity index (χ2n) is 6.28. The molecule has 0 atom stereocenters. The predicted octanol–water partition coefficient (Wildman–Crippen LogP) is 3.19. The van der Waals surface area contributed by atoms with Crippen molar-refractivity contribution in [1.29, 1.82) is 0 Å². The van der Waals surface area contributed by atoms with Crippen LogP contribution in [0.15, 0.2) is 41.5 Å². The summed E-state index contributed by atoms with van der Waals surface area (Å²) in [6, 6.07) is 7.63. The van der Waals surface area contributed by atoms with Crippen molar-refractivity contribution in [1.82, 2.24) is 9.55 Å². The first-order chi connectivity index (χ1) is 13.9. The molecule has 3 rings (SSSR count). The van der Waals surface area contributed by atoms with Crippen molar-refractivity contribution < 1.29 is 19.4 Å². The van der Waals surface area contributed by atoms with Crippen LogP contribution in [0.3, 0.4) is 0 Å². The molecule has 0 saturated heterocycles. The van der Waals surface area contributed by atoms with Crippen LogP contribution in [0.5, 0.6) is 17.2 Å². The standard InChI is InChI=1S/C20H20ClN3O5/c1-28-17-9-13-14(10-18(17)29-2)22-11-24(20(13)27)7-3-4-19(26)23-15-8-12(21)5-6-16(15)25/h5-6,8-11,25H,3-4,7H2,1-2H3,(H,23,26). The van der Waals surface area contributed by atoms with E-state index in [4.69, 9.17) is 21.1 Å². The molecule has 1 aromatic heterocycles. The molecule has 0 saturated carbocycles. The van der Waals surface area contributed by atoms with Gasteiger partial charge in [-0.3, -0.25) is 14.2 Å². The molecule has 0 aliphatic rings. The summed E-state index contributed by atoms with van der Waals surface area (Å²) in [4.78, 5) is 29.1. The third kappa shape index (κ3) is 4.60. The van der Waals surface area contributed by atoms with Gasteiger partial charge in [0.1, 0.15) is 5.75 Å². The molecule has 9 heteroatoms. The summed E-state index contributed by atoms with van der Waals surface area (Å²) >= 11 is 5.87. The Morgan fingerprint density at radius 1 is 1.21 bits per heavy atom. The number of anilines is 1. The van der Waals surface area contributed by atoms with Gasteiger partial charge in [0.2, 0.25) is 5.91 Å². The van der Waals surface area contributed by atoms with Crippen molar-refractivity contribution in [3.8, 4) is 17.2 Å². The van der Waals surface area contributed by atoms with E-state index in [1.165, 1.54) is 43.3 Å². The highest BCUT2D eigenvalue weighted by Gasteiger charge is 2.12. The van der Waals surface area contributed by atoms with Gasteiger partial charge in [-0.2, -0.15) is 0 Å². The van der Waals surface area contributed by atoms with E-state index in [0.29, 0.717) is 40.4 Å². The van der Waals surface area contributed by atoms with E-state index in [1.54, 1.807) is 12.1 Å². The number of halogens is 1. The van der Waals surface area contributed by atoms with E-state index in [9.17, 15) is 14.7 Å². The second kappa shape index (κ2) is 8.83. The quantitative estimate of drug-likeness (QED) is 0.572. The molecule has 2 N–H and O–H groups in total. The van der Waals surface area contributed by atoms with Crippen LogP contribution >= 0.6 is 11.6 Å². The molecule has 0 fully saturated rings. The summed E-state index contributed by atoms with van der Waals surface area (Å²) in [7, 11) is 3.01. The fourth-order valence-corrected chi connectivity index (χ4v) is 3.05. The highest BCUT2D eigenvalue weighted by Crippen LogP contribution is 2.30. The number of aryl methyl sites for hydroxylation is 1. The number of hydrogen-bond acceptors (Lipinski definition) is 6. The molecule has 0 aliphatic carbocycles. The number of hydrogen-bond donors (Lipinski definition) is 2. The Hall–Kier alpha value is -3.26. The van der Waals surface area contributed by atoms with Gasteiger partial charge in [0.25, 0.3) is 5.56 Å². The summed E-state index contributed by atoms with van der Waals surface area (Å²) in [6.45, 7) is 0.311. The summed E-state index contributed by atoms with van der Waals surface area (Å²) in [5.41, 5.74) is 0.509. The molecule has 0 radical (unpaired) electrons. The van der Waals surface area contributed by atoms with Gasteiger partial charge in [-0.25, -0.2) is 4.98 Å². The Bertz CT molecular complexity index is 1110. The van der Waals surface area contributed by atoms with Crippen LogP contribution < -0.4 is 20.3 Å².